The lowest BCUT2D eigenvalue weighted by Gasteiger charge is -2.11. The molecule has 0 aliphatic rings. The summed E-state index contributed by atoms with van der Waals surface area (Å²) in [6.07, 6.45) is 1.56. The number of rotatable bonds is 7. The van der Waals surface area contributed by atoms with E-state index in [1.165, 1.54) is 41.7 Å². The Morgan fingerprint density at radius 2 is 1.56 bits per heavy atom. The lowest BCUT2D eigenvalue weighted by atomic mass is 10.2. The molecule has 0 unspecified atom stereocenters. The van der Waals surface area contributed by atoms with Crippen LogP contribution in [0.25, 0.3) is 0 Å². The minimum Gasteiger partial charge on any atom is -0.318 e. The summed E-state index contributed by atoms with van der Waals surface area (Å²) in [5.74, 6) is -1.09. The van der Waals surface area contributed by atoms with E-state index in [2.05, 4.69) is 15.3 Å². The first-order valence-electron chi connectivity index (χ1n) is 9.62. The summed E-state index contributed by atoms with van der Waals surface area (Å²) >= 11 is 2.55. The van der Waals surface area contributed by atoms with Gasteiger partial charge < -0.3 is 5.32 Å². The summed E-state index contributed by atoms with van der Waals surface area (Å²) in [4.78, 5) is 23.2. The molecule has 0 saturated carbocycles. The number of thioether (sulfide) groups is 1. The zero-order valence-corrected chi connectivity index (χ0v) is 18.3. The number of halogens is 2. The van der Waals surface area contributed by atoms with Gasteiger partial charge in [-0.15, -0.1) is 0 Å². The number of anilines is 1. The number of hydrogen-bond donors (Lipinski definition) is 1. The highest BCUT2D eigenvalue weighted by atomic mass is 32.2. The number of aromatic nitrogens is 2. The Morgan fingerprint density at radius 3 is 2.31 bits per heavy atom. The second-order valence-electron chi connectivity index (χ2n) is 6.59. The summed E-state index contributed by atoms with van der Waals surface area (Å²) < 4.78 is 28.0. The number of carbonyl (C=O) groups excluding carboxylic acids is 1. The molecular weight excluding hydrogens is 448 g/mol. The molecule has 160 valence electrons. The van der Waals surface area contributed by atoms with Crippen LogP contribution in [0.2, 0.25) is 0 Å². The number of nitrogens with one attached hydrogen (secondary N) is 1. The highest BCUT2D eigenvalue weighted by Gasteiger charge is 2.18. The quantitative estimate of drug-likeness (QED) is 0.251. The van der Waals surface area contributed by atoms with Crippen LogP contribution >= 0.6 is 23.5 Å². The number of para-hydroxylation sites is 1. The lowest BCUT2D eigenvalue weighted by Crippen LogP contribution is -2.16. The molecule has 8 heteroatoms. The maximum Gasteiger partial charge on any atom is 0.275 e. The summed E-state index contributed by atoms with van der Waals surface area (Å²) in [7, 11) is 0. The SMILES string of the molecule is O=C(Nc1ccccc1F)c1nc(SCc2ccccc2F)ncc1Sc1ccccc1. The van der Waals surface area contributed by atoms with Crippen LogP contribution in [0.5, 0.6) is 0 Å². The van der Waals surface area contributed by atoms with Crippen molar-refractivity contribution in [1.29, 1.82) is 0 Å². The van der Waals surface area contributed by atoms with Crippen LogP contribution in [0.1, 0.15) is 16.1 Å². The highest BCUT2D eigenvalue weighted by molar-refractivity contribution is 7.99. The third kappa shape index (κ3) is 5.52. The summed E-state index contributed by atoms with van der Waals surface area (Å²) in [6, 6.07) is 21.9. The van der Waals surface area contributed by atoms with Crippen LogP contribution in [0.15, 0.2) is 100 Å². The molecule has 1 amide bonds. The van der Waals surface area contributed by atoms with Crippen molar-refractivity contribution in [1.82, 2.24) is 9.97 Å². The maximum absolute atomic E-state index is 14.0. The second-order valence-corrected chi connectivity index (χ2v) is 8.65. The Balaban J connectivity index is 1.61. The highest BCUT2D eigenvalue weighted by Crippen LogP contribution is 2.31. The number of carbonyl (C=O) groups is 1. The van der Waals surface area contributed by atoms with Crippen LogP contribution in [0, 0.1) is 11.6 Å². The van der Waals surface area contributed by atoms with Crippen molar-refractivity contribution >= 4 is 35.1 Å². The van der Waals surface area contributed by atoms with Gasteiger partial charge >= 0.3 is 0 Å². The number of amides is 1. The maximum atomic E-state index is 14.0. The van der Waals surface area contributed by atoms with Crippen molar-refractivity contribution in [3.8, 4) is 0 Å². The molecule has 1 heterocycles. The molecule has 3 aromatic carbocycles. The molecule has 0 spiro atoms. The van der Waals surface area contributed by atoms with Crippen LogP contribution in [-0.4, -0.2) is 15.9 Å². The minimum absolute atomic E-state index is 0.0623. The molecular formula is C24H17F2N3OS2. The summed E-state index contributed by atoms with van der Waals surface area (Å²) in [5.41, 5.74) is 0.696. The fourth-order valence-corrected chi connectivity index (χ4v) is 4.47. The molecule has 1 aromatic heterocycles. The van der Waals surface area contributed by atoms with Crippen LogP contribution < -0.4 is 5.32 Å². The number of nitrogens with zero attached hydrogens (tertiary/aromatic N) is 2. The van der Waals surface area contributed by atoms with Crippen molar-refractivity contribution in [2.75, 3.05) is 5.32 Å². The van der Waals surface area contributed by atoms with E-state index in [0.717, 1.165) is 4.90 Å². The standard InChI is InChI=1S/C24H17F2N3OS2/c25-18-11-5-4-8-16(18)15-31-24-27-14-21(32-17-9-2-1-3-10-17)22(29-24)23(30)28-20-13-7-6-12-19(20)26/h1-14H,15H2,(H,28,30). The minimum atomic E-state index is -0.552. The van der Waals surface area contributed by atoms with E-state index in [0.29, 0.717) is 21.4 Å². The van der Waals surface area contributed by atoms with Crippen LogP contribution in [-0.2, 0) is 5.75 Å². The van der Waals surface area contributed by atoms with E-state index in [-0.39, 0.29) is 17.2 Å². The average molecular weight is 466 g/mol. The van der Waals surface area contributed by atoms with Gasteiger partial charge in [-0.05, 0) is 35.9 Å². The second kappa shape index (κ2) is 10.4. The third-order valence-electron chi connectivity index (χ3n) is 4.36. The Labute approximate surface area is 192 Å². The molecule has 0 radical (unpaired) electrons. The van der Waals surface area contributed by atoms with E-state index >= 15 is 0 Å². The van der Waals surface area contributed by atoms with Crippen molar-refractivity contribution in [3.05, 3.63) is 108 Å². The van der Waals surface area contributed by atoms with Gasteiger partial charge in [0.15, 0.2) is 5.16 Å². The van der Waals surface area contributed by atoms with Crippen molar-refractivity contribution in [2.24, 2.45) is 0 Å². The first kappa shape index (κ1) is 22.0. The largest absolute Gasteiger partial charge is 0.318 e. The fraction of sp³-hybridized carbons (Fsp3) is 0.0417. The van der Waals surface area contributed by atoms with E-state index in [1.807, 2.05) is 30.3 Å². The summed E-state index contributed by atoms with van der Waals surface area (Å²) in [6.45, 7) is 0. The molecule has 1 N–H and O–H groups in total. The zero-order chi connectivity index (χ0) is 22.3. The molecule has 4 nitrogen and oxygen atoms in total. The molecule has 4 aromatic rings. The van der Waals surface area contributed by atoms with Gasteiger partial charge in [0.05, 0.1) is 10.6 Å². The van der Waals surface area contributed by atoms with Crippen molar-refractivity contribution in [2.45, 2.75) is 20.7 Å². The monoisotopic (exact) mass is 465 g/mol. The van der Waals surface area contributed by atoms with E-state index in [9.17, 15) is 13.6 Å². The molecule has 0 aliphatic carbocycles. The van der Waals surface area contributed by atoms with Gasteiger partial charge in [0.1, 0.15) is 17.3 Å². The van der Waals surface area contributed by atoms with Gasteiger partial charge in [0.25, 0.3) is 5.91 Å². The molecule has 0 aliphatic heterocycles. The van der Waals surface area contributed by atoms with E-state index in [1.54, 1.807) is 36.5 Å². The smallest absolute Gasteiger partial charge is 0.275 e. The molecule has 32 heavy (non-hydrogen) atoms. The zero-order valence-electron chi connectivity index (χ0n) is 16.7. The Morgan fingerprint density at radius 1 is 0.875 bits per heavy atom. The predicted octanol–water partition coefficient (Wildman–Crippen LogP) is 6.45. The molecule has 0 saturated heterocycles. The van der Waals surface area contributed by atoms with E-state index < -0.39 is 11.7 Å². The molecule has 4 rings (SSSR count). The first-order valence-corrected chi connectivity index (χ1v) is 11.4. The number of benzene rings is 3. The van der Waals surface area contributed by atoms with Crippen molar-refractivity contribution < 1.29 is 13.6 Å². The topological polar surface area (TPSA) is 54.9 Å². The number of hydrogen-bond acceptors (Lipinski definition) is 5. The fourth-order valence-electron chi connectivity index (χ4n) is 2.78. The Bertz CT molecular complexity index is 1240. The van der Waals surface area contributed by atoms with Crippen LogP contribution in [0.4, 0.5) is 14.5 Å². The van der Waals surface area contributed by atoms with Gasteiger partial charge in [-0.3, -0.25) is 4.79 Å². The average Bonchev–Trinajstić information content (AvgIpc) is 2.81. The Hall–Kier alpha value is -3.23. The van der Waals surface area contributed by atoms with Gasteiger partial charge in [-0.25, -0.2) is 18.7 Å². The van der Waals surface area contributed by atoms with Gasteiger partial charge in [-0.1, -0.05) is 72.1 Å². The van der Waals surface area contributed by atoms with E-state index in [4.69, 9.17) is 0 Å². The van der Waals surface area contributed by atoms with Gasteiger partial charge in [0.2, 0.25) is 0 Å². The summed E-state index contributed by atoms with van der Waals surface area (Å²) in [5, 5.41) is 2.90. The third-order valence-corrected chi connectivity index (χ3v) is 6.29. The Kier molecular flexibility index (Phi) is 7.14. The lowest BCUT2D eigenvalue weighted by molar-refractivity contribution is 0.101. The predicted molar refractivity (Wildman–Crippen MR) is 123 cm³/mol. The van der Waals surface area contributed by atoms with Gasteiger partial charge in [-0.2, -0.15) is 0 Å². The molecule has 0 atom stereocenters. The van der Waals surface area contributed by atoms with Crippen molar-refractivity contribution in [3.63, 3.8) is 0 Å². The first-order chi connectivity index (χ1) is 15.6. The van der Waals surface area contributed by atoms with Crippen LogP contribution in [0.3, 0.4) is 0 Å². The normalized spacial score (nSPS) is 10.7. The molecule has 0 fully saturated rings. The van der Waals surface area contributed by atoms with Gasteiger partial charge in [0, 0.05) is 16.8 Å². The molecule has 0 bridgehead atoms.